The maximum absolute atomic E-state index is 12.8. The Balaban J connectivity index is 1.84. The van der Waals surface area contributed by atoms with E-state index in [-0.39, 0.29) is 16.4 Å². The molecule has 1 aliphatic rings. The monoisotopic (exact) mass is 389 g/mol. The van der Waals surface area contributed by atoms with E-state index in [0.29, 0.717) is 32.0 Å². The Kier molecular flexibility index (Phi) is 5.79. The third-order valence-corrected chi connectivity index (χ3v) is 6.23. The number of ether oxygens (including phenoxy) is 1. The molecule has 0 aliphatic carbocycles. The highest BCUT2D eigenvalue weighted by Crippen LogP contribution is 2.25. The topological polar surface area (TPSA) is 79.0 Å². The third kappa shape index (κ3) is 4.29. The molecule has 2 aromatic rings. The van der Waals surface area contributed by atoms with Crippen molar-refractivity contribution in [2.75, 3.05) is 50.6 Å². The first-order valence-electron chi connectivity index (χ1n) is 8.65. The predicted octanol–water partition coefficient (Wildman–Crippen LogP) is 2.03. The molecule has 1 N–H and O–H groups in total. The molecule has 0 atom stereocenters. The van der Waals surface area contributed by atoms with Crippen molar-refractivity contribution in [1.29, 1.82) is 0 Å². The Labute approximate surface area is 159 Å². The van der Waals surface area contributed by atoms with Crippen LogP contribution in [0.5, 0.6) is 0 Å². The summed E-state index contributed by atoms with van der Waals surface area (Å²) < 4.78 is 32.2. The highest BCUT2D eigenvalue weighted by Gasteiger charge is 2.27. The fourth-order valence-electron chi connectivity index (χ4n) is 2.90. The number of hydrogen-bond donors (Lipinski definition) is 1. The number of morpholine rings is 1. The molecule has 1 heterocycles. The van der Waals surface area contributed by atoms with Crippen LogP contribution in [0.25, 0.3) is 0 Å². The number of carbonyl (C=O) groups excluding carboxylic acids is 1. The van der Waals surface area contributed by atoms with Gasteiger partial charge in [0.25, 0.3) is 5.91 Å². The van der Waals surface area contributed by atoms with Crippen molar-refractivity contribution in [2.45, 2.75) is 4.90 Å². The average Bonchev–Trinajstić information content (AvgIpc) is 2.69. The number of nitrogens with zero attached hydrogens (tertiary/aromatic N) is 2. The summed E-state index contributed by atoms with van der Waals surface area (Å²) >= 11 is 0. The van der Waals surface area contributed by atoms with Crippen LogP contribution in [0.1, 0.15) is 10.4 Å². The first-order valence-corrected chi connectivity index (χ1v) is 10.1. The van der Waals surface area contributed by atoms with Crippen molar-refractivity contribution in [3.8, 4) is 0 Å². The number of hydrogen-bond acceptors (Lipinski definition) is 5. The molecular formula is C19H23N3O4S. The Bertz CT molecular complexity index is 922. The Morgan fingerprint density at radius 3 is 2.48 bits per heavy atom. The lowest BCUT2D eigenvalue weighted by molar-refractivity contribution is 0.0730. The summed E-state index contributed by atoms with van der Waals surface area (Å²) in [6.07, 6.45) is 0. The zero-order valence-corrected chi connectivity index (χ0v) is 16.2. The zero-order valence-electron chi connectivity index (χ0n) is 15.4. The number of sulfonamides is 1. The molecule has 8 heteroatoms. The van der Waals surface area contributed by atoms with Crippen molar-refractivity contribution in [3.63, 3.8) is 0 Å². The molecular weight excluding hydrogens is 366 g/mol. The lowest BCUT2D eigenvalue weighted by Crippen LogP contribution is -2.40. The van der Waals surface area contributed by atoms with Crippen LogP contribution in [-0.4, -0.2) is 59.0 Å². The van der Waals surface area contributed by atoms with Crippen LogP contribution < -0.4 is 10.2 Å². The molecule has 0 unspecified atom stereocenters. The van der Waals surface area contributed by atoms with E-state index >= 15 is 0 Å². The van der Waals surface area contributed by atoms with Crippen molar-refractivity contribution < 1.29 is 17.9 Å². The zero-order chi connectivity index (χ0) is 19.4. The van der Waals surface area contributed by atoms with E-state index in [1.54, 1.807) is 12.1 Å². The minimum absolute atomic E-state index is 0.109. The predicted molar refractivity (Wildman–Crippen MR) is 105 cm³/mol. The molecule has 0 aromatic heterocycles. The fraction of sp³-hybridized carbons (Fsp3) is 0.316. The molecule has 3 rings (SSSR count). The number of nitrogens with one attached hydrogen (secondary N) is 1. The van der Waals surface area contributed by atoms with E-state index in [2.05, 4.69) is 5.32 Å². The summed E-state index contributed by atoms with van der Waals surface area (Å²) in [6, 6.07) is 13.5. The van der Waals surface area contributed by atoms with Gasteiger partial charge in [0.1, 0.15) is 0 Å². The molecule has 1 aliphatic heterocycles. The molecule has 0 spiro atoms. The number of benzene rings is 2. The van der Waals surface area contributed by atoms with Crippen molar-refractivity contribution >= 4 is 27.3 Å². The van der Waals surface area contributed by atoms with Gasteiger partial charge in [0.15, 0.2) is 0 Å². The van der Waals surface area contributed by atoms with Crippen LogP contribution in [0, 0.1) is 0 Å². The molecule has 27 heavy (non-hydrogen) atoms. The van der Waals surface area contributed by atoms with E-state index in [9.17, 15) is 13.2 Å². The molecule has 0 radical (unpaired) electrons. The van der Waals surface area contributed by atoms with Crippen molar-refractivity contribution in [2.24, 2.45) is 0 Å². The van der Waals surface area contributed by atoms with Crippen LogP contribution in [0.15, 0.2) is 53.4 Å². The Morgan fingerprint density at radius 1 is 1.07 bits per heavy atom. The second-order valence-corrected chi connectivity index (χ2v) is 8.35. The van der Waals surface area contributed by atoms with Gasteiger partial charge < -0.3 is 15.0 Å². The summed E-state index contributed by atoms with van der Waals surface area (Å²) in [6.45, 7) is 1.38. The molecule has 0 saturated carbocycles. The molecule has 1 saturated heterocycles. The second kappa shape index (κ2) is 8.08. The first-order chi connectivity index (χ1) is 12.9. The lowest BCUT2D eigenvalue weighted by atomic mass is 10.2. The van der Waals surface area contributed by atoms with Gasteiger partial charge in [-0.1, -0.05) is 18.2 Å². The highest BCUT2D eigenvalue weighted by molar-refractivity contribution is 7.89. The van der Waals surface area contributed by atoms with E-state index in [0.717, 1.165) is 5.69 Å². The van der Waals surface area contributed by atoms with Gasteiger partial charge in [0.05, 0.1) is 29.5 Å². The van der Waals surface area contributed by atoms with Gasteiger partial charge in [0, 0.05) is 32.7 Å². The average molecular weight is 389 g/mol. The van der Waals surface area contributed by atoms with Crippen molar-refractivity contribution in [1.82, 2.24) is 4.31 Å². The summed E-state index contributed by atoms with van der Waals surface area (Å²) in [5.41, 5.74) is 1.81. The van der Waals surface area contributed by atoms with E-state index in [4.69, 9.17) is 4.74 Å². The van der Waals surface area contributed by atoms with Gasteiger partial charge in [0.2, 0.25) is 10.0 Å². The van der Waals surface area contributed by atoms with Crippen LogP contribution in [0.3, 0.4) is 0 Å². The standard InChI is InChI=1S/C19H23N3O4S/c1-21(2)18-9-4-3-8-17(18)20-19(23)15-6-5-7-16(14-15)27(24,25)22-10-12-26-13-11-22/h3-9,14H,10-13H2,1-2H3,(H,20,23). The van der Waals surface area contributed by atoms with E-state index in [1.807, 2.05) is 43.3 Å². The summed E-state index contributed by atoms with van der Waals surface area (Å²) in [5, 5.41) is 2.86. The van der Waals surface area contributed by atoms with Crippen LogP contribution in [0.2, 0.25) is 0 Å². The van der Waals surface area contributed by atoms with Crippen LogP contribution in [0.4, 0.5) is 11.4 Å². The normalized spacial score (nSPS) is 15.3. The number of carbonyl (C=O) groups is 1. The Hall–Kier alpha value is -2.42. The Morgan fingerprint density at radius 2 is 1.78 bits per heavy atom. The molecule has 0 bridgehead atoms. The number of amides is 1. The fourth-order valence-corrected chi connectivity index (χ4v) is 4.35. The maximum atomic E-state index is 12.8. The van der Waals surface area contributed by atoms with E-state index < -0.39 is 10.0 Å². The summed E-state index contributed by atoms with van der Waals surface area (Å²) in [7, 11) is 0.131. The third-order valence-electron chi connectivity index (χ3n) is 4.34. The van der Waals surface area contributed by atoms with Gasteiger partial charge in [-0.05, 0) is 30.3 Å². The van der Waals surface area contributed by atoms with Gasteiger partial charge in [-0.15, -0.1) is 0 Å². The van der Waals surface area contributed by atoms with Crippen LogP contribution in [-0.2, 0) is 14.8 Å². The van der Waals surface area contributed by atoms with Gasteiger partial charge in [-0.2, -0.15) is 4.31 Å². The molecule has 2 aromatic carbocycles. The number of para-hydroxylation sites is 2. The number of rotatable bonds is 5. The largest absolute Gasteiger partial charge is 0.379 e. The lowest BCUT2D eigenvalue weighted by Gasteiger charge is -2.26. The maximum Gasteiger partial charge on any atom is 0.255 e. The SMILES string of the molecule is CN(C)c1ccccc1NC(=O)c1cccc(S(=O)(=O)N2CCOCC2)c1. The van der Waals surface area contributed by atoms with Crippen molar-refractivity contribution in [3.05, 3.63) is 54.1 Å². The van der Waals surface area contributed by atoms with Crippen LogP contribution >= 0.6 is 0 Å². The number of anilines is 2. The summed E-state index contributed by atoms with van der Waals surface area (Å²) in [4.78, 5) is 14.7. The quantitative estimate of drug-likeness (QED) is 0.847. The minimum Gasteiger partial charge on any atom is -0.379 e. The minimum atomic E-state index is -3.65. The smallest absolute Gasteiger partial charge is 0.255 e. The molecule has 7 nitrogen and oxygen atoms in total. The van der Waals surface area contributed by atoms with Gasteiger partial charge >= 0.3 is 0 Å². The summed E-state index contributed by atoms with van der Waals surface area (Å²) in [5.74, 6) is -0.358. The molecule has 1 fully saturated rings. The van der Waals surface area contributed by atoms with Gasteiger partial charge in [-0.3, -0.25) is 4.79 Å². The highest BCUT2D eigenvalue weighted by atomic mass is 32.2. The molecule has 1 amide bonds. The second-order valence-electron chi connectivity index (χ2n) is 6.41. The first kappa shape index (κ1) is 19.3. The molecule has 144 valence electrons. The van der Waals surface area contributed by atoms with E-state index in [1.165, 1.54) is 16.4 Å². The van der Waals surface area contributed by atoms with Gasteiger partial charge in [-0.25, -0.2) is 8.42 Å².